The number of nitrogens with two attached hydrogens (primary N) is 1. The number of nitrogen functional groups attached to an aromatic ring is 1. The normalized spacial score (nSPS) is 16.2. The molecule has 0 bridgehead atoms. The summed E-state index contributed by atoms with van der Waals surface area (Å²) in [6.45, 7) is 3.90. The van der Waals surface area contributed by atoms with Crippen LogP contribution in [0, 0.1) is 12.7 Å². The first-order valence-corrected chi connectivity index (χ1v) is 8.38. The Bertz CT molecular complexity index is 955. The van der Waals surface area contributed by atoms with Crippen LogP contribution >= 0.6 is 0 Å². The molecule has 1 aromatic carbocycles. The number of rotatable bonds is 3. The smallest absolute Gasteiger partial charge is 0.169 e. The molecule has 1 unspecified atom stereocenters. The van der Waals surface area contributed by atoms with E-state index >= 15 is 0 Å². The molecule has 1 aliphatic heterocycles. The fraction of sp³-hybridized carbons (Fsp3) is 0.278. The van der Waals surface area contributed by atoms with E-state index in [9.17, 15) is 4.39 Å². The Balaban J connectivity index is 1.84. The molecule has 2 aromatic heterocycles. The summed E-state index contributed by atoms with van der Waals surface area (Å²) in [6, 6.07) is 6.35. The number of nitrogens with zero attached hydrogens (tertiary/aromatic N) is 5. The second kappa shape index (κ2) is 5.98. The zero-order valence-corrected chi connectivity index (χ0v) is 14.8. The van der Waals surface area contributed by atoms with Crippen molar-refractivity contribution in [3.8, 4) is 11.4 Å². The molecule has 0 aliphatic carbocycles. The summed E-state index contributed by atoms with van der Waals surface area (Å²) in [7, 11) is 1.91. The van der Waals surface area contributed by atoms with Crippen molar-refractivity contribution >= 4 is 17.3 Å². The van der Waals surface area contributed by atoms with Crippen LogP contribution in [-0.4, -0.2) is 22.2 Å². The molecule has 0 fully saturated rings. The topological polar surface area (TPSA) is 84.3 Å². The lowest BCUT2D eigenvalue weighted by Crippen LogP contribution is -2.37. The average Bonchev–Trinajstić information content (AvgIpc) is 3.17. The summed E-state index contributed by atoms with van der Waals surface area (Å²) < 4.78 is 18.3. The zero-order chi connectivity index (χ0) is 18.4. The van der Waals surface area contributed by atoms with Gasteiger partial charge in [-0.2, -0.15) is 0 Å². The van der Waals surface area contributed by atoms with Crippen molar-refractivity contribution in [3.63, 3.8) is 0 Å². The number of fused-ring (bicyclic) bond motifs is 1. The minimum atomic E-state index is -0.273. The van der Waals surface area contributed by atoms with Crippen LogP contribution in [0.5, 0.6) is 0 Å². The molecule has 0 saturated heterocycles. The molecular formula is C18H19FN6O. The molecule has 1 aliphatic rings. The molecule has 7 nitrogen and oxygen atoms in total. The van der Waals surface area contributed by atoms with Crippen LogP contribution in [0.4, 0.5) is 21.7 Å². The van der Waals surface area contributed by atoms with Gasteiger partial charge in [0.2, 0.25) is 0 Å². The molecule has 3 aromatic rings. The summed E-state index contributed by atoms with van der Waals surface area (Å²) >= 11 is 0. The largest absolute Gasteiger partial charge is 0.383 e. The van der Waals surface area contributed by atoms with E-state index in [1.165, 1.54) is 18.4 Å². The van der Waals surface area contributed by atoms with Gasteiger partial charge in [0, 0.05) is 7.05 Å². The highest BCUT2D eigenvalue weighted by Crippen LogP contribution is 2.45. The average molecular weight is 354 g/mol. The third-order valence-electron chi connectivity index (χ3n) is 4.68. The van der Waals surface area contributed by atoms with Crippen LogP contribution < -0.4 is 15.8 Å². The third kappa shape index (κ3) is 2.37. The summed E-state index contributed by atoms with van der Waals surface area (Å²) in [5, 5.41) is 7.87. The Hall–Kier alpha value is -3.16. The molecule has 0 saturated carbocycles. The van der Waals surface area contributed by atoms with Crippen LogP contribution in [0.2, 0.25) is 0 Å². The summed E-state index contributed by atoms with van der Waals surface area (Å²) in [5.41, 5.74) is 9.45. The summed E-state index contributed by atoms with van der Waals surface area (Å²) in [4.78, 5) is 9.19. The molecule has 4 rings (SSSR count). The maximum Gasteiger partial charge on any atom is 0.169 e. The number of aryl methyl sites for hydroxylation is 1. The zero-order valence-electron chi connectivity index (χ0n) is 14.8. The van der Waals surface area contributed by atoms with E-state index in [1.54, 1.807) is 12.1 Å². The highest BCUT2D eigenvalue weighted by atomic mass is 19.1. The third-order valence-corrected chi connectivity index (χ3v) is 4.68. The Morgan fingerprint density at radius 3 is 2.58 bits per heavy atom. The van der Waals surface area contributed by atoms with E-state index in [0.29, 0.717) is 22.9 Å². The predicted molar refractivity (Wildman–Crippen MR) is 97.0 cm³/mol. The molecule has 1 atom stereocenters. The Morgan fingerprint density at radius 1 is 1.23 bits per heavy atom. The van der Waals surface area contributed by atoms with Crippen molar-refractivity contribution in [2.75, 3.05) is 22.8 Å². The standard InChI is InChI=1S/C18H19FN6O/c1-4-14-15-16(20)21-17(13-9-26-23-10(13)2)22-18(15)24(3)25(14)12-7-5-11(19)6-8-12/h5-9,14H,4H2,1-3H3,(H2,20,21,22). The van der Waals surface area contributed by atoms with E-state index < -0.39 is 0 Å². The van der Waals surface area contributed by atoms with E-state index in [-0.39, 0.29) is 11.9 Å². The quantitative estimate of drug-likeness (QED) is 0.771. The van der Waals surface area contributed by atoms with Crippen LogP contribution in [0.25, 0.3) is 11.4 Å². The first-order valence-electron chi connectivity index (χ1n) is 8.38. The lowest BCUT2D eigenvalue weighted by atomic mass is 10.1. The molecule has 8 heteroatoms. The molecule has 0 amide bonds. The van der Waals surface area contributed by atoms with Crippen LogP contribution in [0.3, 0.4) is 0 Å². The van der Waals surface area contributed by atoms with E-state index in [0.717, 1.165) is 23.5 Å². The van der Waals surface area contributed by atoms with Gasteiger partial charge in [-0.3, -0.25) is 10.0 Å². The predicted octanol–water partition coefficient (Wildman–Crippen LogP) is 3.48. The van der Waals surface area contributed by atoms with Crippen molar-refractivity contribution in [1.29, 1.82) is 0 Å². The second-order valence-electron chi connectivity index (χ2n) is 6.25. The first-order chi connectivity index (χ1) is 12.5. The number of hydrogen-bond acceptors (Lipinski definition) is 7. The van der Waals surface area contributed by atoms with Gasteiger partial charge in [0.05, 0.1) is 28.6 Å². The molecule has 2 N–H and O–H groups in total. The SMILES string of the molecule is CCC1c2c(N)nc(-c3conc3C)nc2N(C)N1c1ccc(F)cc1. The van der Waals surface area contributed by atoms with Gasteiger partial charge in [-0.25, -0.2) is 14.4 Å². The fourth-order valence-electron chi connectivity index (χ4n) is 3.43. The highest BCUT2D eigenvalue weighted by Gasteiger charge is 2.38. The Labute approximate surface area is 150 Å². The Kier molecular flexibility index (Phi) is 3.75. The summed E-state index contributed by atoms with van der Waals surface area (Å²) in [5.74, 6) is 1.35. The maximum absolute atomic E-state index is 13.3. The fourth-order valence-corrected chi connectivity index (χ4v) is 3.43. The minimum Gasteiger partial charge on any atom is -0.383 e. The van der Waals surface area contributed by atoms with E-state index in [1.807, 2.05) is 19.0 Å². The van der Waals surface area contributed by atoms with Gasteiger partial charge in [0.1, 0.15) is 17.9 Å². The van der Waals surface area contributed by atoms with Crippen LogP contribution in [0.15, 0.2) is 35.1 Å². The van der Waals surface area contributed by atoms with Crippen molar-refractivity contribution < 1.29 is 8.91 Å². The molecule has 0 radical (unpaired) electrons. The van der Waals surface area contributed by atoms with Gasteiger partial charge in [-0.1, -0.05) is 12.1 Å². The van der Waals surface area contributed by atoms with Crippen molar-refractivity contribution in [3.05, 3.63) is 47.6 Å². The number of benzene rings is 1. The minimum absolute atomic E-state index is 0.0296. The first kappa shape index (κ1) is 16.3. The van der Waals surface area contributed by atoms with Crippen molar-refractivity contribution in [2.45, 2.75) is 26.3 Å². The number of hydrogen-bond donors (Lipinski definition) is 1. The van der Waals surface area contributed by atoms with E-state index in [4.69, 9.17) is 15.2 Å². The lowest BCUT2D eigenvalue weighted by Gasteiger charge is -2.32. The van der Waals surface area contributed by atoms with Gasteiger partial charge >= 0.3 is 0 Å². The van der Waals surface area contributed by atoms with E-state index in [2.05, 4.69) is 22.1 Å². The monoisotopic (exact) mass is 354 g/mol. The molecule has 26 heavy (non-hydrogen) atoms. The number of anilines is 3. The van der Waals surface area contributed by atoms with Crippen molar-refractivity contribution in [1.82, 2.24) is 15.1 Å². The number of hydrazine groups is 1. The number of aromatic nitrogens is 3. The molecule has 134 valence electrons. The molecule has 3 heterocycles. The molecule has 0 spiro atoms. The number of halogens is 1. The Morgan fingerprint density at radius 2 is 1.96 bits per heavy atom. The highest BCUT2D eigenvalue weighted by molar-refractivity contribution is 5.74. The van der Waals surface area contributed by atoms with Crippen LogP contribution in [0.1, 0.15) is 30.6 Å². The van der Waals surface area contributed by atoms with Gasteiger partial charge < -0.3 is 10.3 Å². The van der Waals surface area contributed by atoms with Gasteiger partial charge in [0.15, 0.2) is 11.6 Å². The van der Waals surface area contributed by atoms with Gasteiger partial charge in [-0.05, 0) is 37.6 Å². The van der Waals surface area contributed by atoms with Crippen molar-refractivity contribution in [2.24, 2.45) is 0 Å². The van der Waals surface area contributed by atoms with Gasteiger partial charge in [-0.15, -0.1) is 0 Å². The molecular weight excluding hydrogens is 335 g/mol. The second-order valence-corrected chi connectivity index (χ2v) is 6.25. The maximum atomic E-state index is 13.3. The van der Waals surface area contributed by atoms with Gasteiger partial charge in [0.25, 0.3) is 0 Å². The summed E-state index contributed by atoms with van der Waals surface area (Å²) in [6.07, 6.45) is 2.31. The lowest BCUT2D eigenvalue weighted by molar-refractivity contribution is 0.415. The van der Waals surface area contributed by atoms with Crippen LogP contribution in [-0.2, 0) is 0 Å².